The zero-order valence-electron chi connectivity index (χ0n) is 20.8. The summed E-state index contributed by atoms with van der Waals surface area (Å²) in [6, 6.07) is 5.82. The van der Waals surface area contributed by atoms with Crippen molar-refractivity contribution < 1.29 is 9.59 Å². The lowest BCUT2D eigenvalue weighted by Crippen LogP contribution is -2.24. The highest BCUT2D eigenvalue weighted by atomic mass is 35.5. The molecule has 0 unspecified atom stereocenters. The van der Waals surface area contributed by atoms with Crippen LogP contribution in [0.2, 0.25) is 5.02 Å². The highest BCUT2D eigenvalue weighted by molar-refractivity contribution is 6.30. The molecule has 0 bridgehead atoms. The quantitative estimate of drug-likeness (QED) is 0.273. The first-order chi connectivity index (χ1) is 18.5. The summed E-state index contributed by atoms with van der Waals surface area (Å²) < 4.78 is 5.68. The van der Waals surface area contributed by atoms with Crippen molar-refractivity contribution in [1.82, 2.24) is 28.5 Å². The fourth-order valence-electron chi connectivity index (χ4n) is 5.32. The lowest BCUT2D eigenvalue weighted by Gasteiger charge is -2.17. The molecule has 7 rings (SSSR count). The van der Waals surface area contributed by atoms with Crippen LogP contribution in [-0.4, -0.2) is 46.8 Å². The number of anilines is 1. The van der Waals surface area contributed by atoms with Gasteiger partial charge in [0.1, 0.15) is 0 Å². The van der Waals surface area contributed by atoms with Crippen molar-refractivity contribution in [3.63, 3.8) is 0 Å². The van der Waals surface area contributed by atoms with E-state index in [9.17, 15) is 9.59 Å². The number of amides is 1. The maximum absolute atomic E-state index is 12.9. The molecule has 5 aromatic rings. The third-order valence-electron chi connectivity index (χ3n) is 7.46. The van der Waals surface area contributed by atoms with E-state index in [0.29, 0.717) is 42.3 Å². The Balaban J connectivity index is 1.09. The van der Waals surface area contributed by atoms with E-state index in [1.807, 2.05) is 32.2 Å². The van der Waals surface area contributed by atoms with E-state index in [4.69, 9.17) is 16.6 Å². The second-order valence-electron chi connectivity index (χ2n) is 10.2. The molecule has 1 aliphatic heterocycles. The number of nitrogens with zero attached hydrogens (tertiary/aromatic N) is 7. The van der Waals surface area contributed by atoms with Crippen molar-refractivity contribution in [2.24, 2.45) is 0 Å². The molecule has 1 saturated heterocycles. The molecule has 2 fully saturated rings. The van der Waals surface area contributed by atoms with Crippen LogP contribution in [0.3, 0.4) is 0 Å². The van der Waals surface area contributed by atoms with Crippen molar-refractivity contribution in [3.8, 4) is 0 Å². The van der Waals surface area contributed by atoms with Gasteiger partial charge in [-0.25, -0.2) is 9.97 Å². The van der Waals surface area contributed by atoms with Gasteiger partial charge in [0.25, 0.3) is 0 Å². The Bertz CT molecular complexity index is 1710. The highest BCUT2D eigenvalue weighted by Gasteiger charge is 2.29. The summed E-state index contributed by atoms with van der Waals surface area (Å²) in [5.41, 5.74) is 6.09. The molecule has 0 aromatic carbocycles. The topological polar surface area (TPSA) is 89.8 Å². The van der Waals surface area contributed by atoms with E-state index in [2.05, 4.69) is 22.3 Å². The smallest absolute Gasteiger partial charge is 0.227 e. The third kappa shape index (κ3) is 4.26. The van der Waals surface area contributed by atoms with Crippen LogP contribution >= 0.6 is 11.6 Å². The lowest BCUT2D eigenvalue weighted by molar-refractivity contribution is -0.117. The van der Waals surface area contributed by atoms with E-state index in [1.54, 1.807) is 29.5 Å². The standard InChI is InChI=1S/C28H26ClN7O2/c29-21-7-9-33-17-30-23(24(33)11-21)5-6-26(37)20-12-31-35(14-20)16-22-15-34-13-19(18-3-4-18)10-25(28(34)32-22)36-8-1-2-27(36)38/h7,9-15,17-18H,1-6,8,16H2. The number of imidazole rings is 2. The fourth-order valence-corrected chi connectivity index (χ4v) is 5.47. The monoisotopic (exact) mass is 527 g/mol. The van der Waals surface area contributed by atoms with Crippen molar-refractivity contribution in [3.05, 3.63) is 83.0 Å². The van der Waals surface area contributed by atoms with Gasteiger partial charge in [0.2, 0.25) is 5.91 Å². The SMILES string of the molecule is O=C(CCc1ncn2ccc(Cl)cc12)c1cnn(Cc2cn3cc(C4CC4)cc(N4CCCC4=O)c3n2)c1. The second kappa shape index (κ2) is 9.09. The van der Waals surface area contributed by atoms with Crippen LogP contribution in [0.4, 0.5) is 5.69 Å². The molecule has 5 aromatic heterocycles. The maximum Gasteiger partial charge on any atom is 0.227 e. The molecular formula is C28H26ClN7O2. The molecule has 0 N–H and O–H groups in total. The maximum atomic E-state index is 12.9. The summed E-state index contributed by atoms with van der Waals surface area (Å²) in [7, 11) is 0. The summed E-state index contributed by atoms with van der Waals surface area (Å²) in [6.45, 7) is 1.17. The van der Waals surface area contributed by atoms with Gasteiger partial charge in [-0.15, -0.1) is 0 Å². The van der Waals surface area contributed by atoms with Crippen LogP contribution in [0.25, 0.3) is 11.2 Å². The summed E-state index contributed by atoms with van der Waals surface area (Å²) in [5.74, 6) is 0.739. The fraction of sp³-hybridized carbons (Fsp3) is 0.321. The predicted octanol–water partition coefficient (Wildman–Crippen LogP) is 4.70. The zero-order chi connectivity index (χ0) is 25.8. The van der Waals surface area contributed by atoms with E-state index in [0.717, 1.165) is 41.2 Å². The molecular weight excluding hydrogens is 502 g/mol. The summed E-state index contributed by atoms with van der Waals surface area (Å²) in [4.78, 5) is 36.6. The van der Waals surface area contributed by atoms with Crippen molar-refractivity contribution in [2.75, 3.05) is 11.4 Å². The van der Waals surface area contributed by atoms with Gasteiger partial charge in [-0.3, -0.25) is 14.3 Å². The second-order valence-corrected chi connectivity index (χ2v) is 10.7. The minimum Gasteiger partial charge on any atom is -0.309 e. The van der Waals surface area contributed by atoms with Gasteiger partial charge in [0.05, 0.1) is 47.2 Å². The Hall–Kier alpha value is -3.98. The number of pyridine rings is 2. The van der Waals surface area contributed by atoms with Crippen LogP contribution in [0.15, 0.2) is 55.5 Å². The summed E-state index contributed by atoms with van der Waals surface area (Å²) >= 11 is 6.13. The predicted molar refractivity (Wildman–Crippen MR) is 143 cm³/mol. The van der Waals surface area contributed by atoms with Crippen LogP contribution in [-0.2, 0) is 17.8 Å². The minimum atomic E-state index is 0.0123. The normalized spacial score (nSPS) is 15.8. The molecule has 1 amide bonds. The van der Waals surface area contributed by atoms with Crippen LogP contribution in [0.1, 0.15) is 65.3 Å². The van der Waals surface area contributed by atoms with E-state index < -0.39 is 0 Å². The van der Waals surface area contributed by atoms with E-state index >= 15 is 0 Å². The van der Waals surface area contributed by atoms with Gasteiger partial charge in [0.15, 0.2) is 11.4 Å². The molecule has 0 radical (unpaired) electrons. The first-order valence-electron chi connectivity index (χ1n) is 13.0. The number of fused-ring (bicyclic) bond motifs is 2. The van der Waals surface area contributed by atoms with Gasteiger partial charge < -0.3 is 13.7 Å². The van der Waals surface area contributed by atoms with E-state index in [-0.39, 0.29) is 11.7 Å². The van der Waals surface area contributed by atoms with Crippen molar-refractivity contribution in [2.45, 2.75) is 51.0 Å². The largest absolute Gasteiger partial charge is 0.309 e. The molecule has 0 atom stereocenters. The van der Waals surface area contributed by atoms with Crippen LogP contribution < -0.4 is 4.90 Å². The van der Waals surface area contributed by atoms with Crippen molar-refractivity contribution in [1.29, 1.82) is 0 Å². The number of aryl methyl sites for hydroxylation is 1. The molecule has 10 heteroatoms. The number of aromatic nitrogens is 6. The number of ketones is 1. The number of carbonyl (C=O) groups excluding carboxylic acids is 2. The minimum absolute atomic E-state index is 0.0123. The molecule has 6 heterocycles. The first kappa shape index (κ1) is 23.2. The van der Waals surface area contributed by atoms with Gasteiger partial charge in [-0.2, -0.15) is 5.10 Å². The molecule has 2 aliphatic rings. The van der Waals surface area contributed by atoms with Gasteiger partial charge in [0, 0.05) is 49.2 Å². The van der Waals surface area contributed by atoms with Crippen LogP contribution in [0, 0.1) is 0 Å². The molecule has 1 aliphatic carbocycles. The van der Waals surface area contributed by atoms with Crippen molar-refractivity contribution >= 4 is 40.1 Å². The molecule has 9 nitrogen and oxygen atoms in total. The van der Waals surface area contributed by atoms with Crippen LogP contribution in [0.5, 0.6) is 0 Å². The molecule has 38 heavy (non-hydrogen) atoms. The highest BCUT2D eigenvalue weighted by Crippen LogP contribution is 2.42. The average molecular weight is 528 g/mol. The number of halogens is 1. The number of rotatable bonds is 8. The Morgan fingerprint density at radius 3 is 2.84 bits per heavy atom. The summed E-state index contributed by atoms with van der Waals surface area (Å²) in [6.07, 6.45) is 15.8. The Kier molecular flexibility index (Phi) is 5.54. The molecule has 1 saturated carbocycles. The average Bonchev–Trinajstić information content (AvgIpc) is 3.23. The van der Waals surface area contributed by atoms with E-state index in [1.165, 1.54) is 18.4 Å². The van der Waals surface area contributed by atoms with Gasteiger partial charge >= 0.3 is 0 Å². The molecule has 0 spiro atoms. The van der Waals surface area contributed by atoms with Gasteiger partial charge in [-0.1, -0.05) is 11.6 Å². The Morgan fingerprint density at radius 2 is 2.03 bits per heavy atom. The summed E-state index contributed by atoms with van der Waals surface area (Å²) in [5, 5.41) is 5.06. The Labute approximate surface area is 223 Å². The first-order valence-corrected chi connectivity index (χ1v) is 13.4. The number of hydrogen-bond donors (Lipinski definition) is 0. The number of Topliss-reactive ketones (excluding diaryl/α,β-unsaturated/α-hetero) is 1. The number of carbonyl (C=O) groups is 2. The Morgan fingerprint density at radius 1 is 1.13 bits per heavy atom. The molecule has 192 valence electrons. The van der Waals surface area contributed by atoms with Gasteiger partial charge in [-0.05, 0) is 55.4 Å². The third-order valence-corrected chi connectivity index (χ3v) is 7.70. The lowest BCUT2D eigenvalue weighted by atomic mass is 10.1. The zero-order valence-corrected chi connectivity index (χ0v) is 21.5. The number of hydrogen-bond acceptors (Lipinski definition) is 5.